The first kappa shape index (κ1) is 15.8. The van der Waals surface area contributed by atoms with Gasteiger partial charge in [-0.1, -0.05) is 31.1 Å². The van der Waals surface area contributed by atoms with E-state index in [0.29, 0.717) is 19.0 Å². The molecular formula is C18H21N5O2. The number of carbonyl (C=O) groups is 1. The fourth-order valence-electron chi connectivity index (χ4n) is 3.69. The van der Waals surface area contributed by atoms with Crippen molar-refractivity contribution < 1.29 is 9.53 Å². The maximum absolute atomic E-state index is 12.9. The number of ether oxygens (including phenoxy) is 1. The van der Waals surface area contributed by atoms with Gasteiger partial charge in [-0.15, -0.1) is 0 Å². The molecule has 0 fully saturated rings. The topological polar surface area (TPSA) is 81.9 Å². The van der Waals surface area contributed by atoms with Crippen molar-refractivity contribution in [3.63, 3.8) is 0 Å². The zero-order valence-corrected chi connectivity index (χ0v) is 14.6. The largest absolute Gasteiger partial charge is 0.494 e. The number of ketones is 1. The average molecular weight is 339 g/mol. The predicted octanol–water partition coefficient (Wildman–Crippen LogP) is 2.73. The molecule has 1 N–H and O–H groups in total. The lowest BCUT2D eigenvalue weighted by Crippen LogP contribution is -2.36. The maximum atomic E-state index is 12.9. The average Bonchev–Trinajstić information content (AvgIpc) is 3.01. The summed E-state index contributed by atoms with van der Waals surface area (Å²) in [7, 11) is 0. The van der Waals surface area contributed by atoms with Gasteiger partial charge in [0.1, 0.15) is 11.8 Å². The molecule has 1 aliphatic heterocycles. The fourth-order valence-corrected chi connectivity index (χ4v) is 3.69. The van der Waals surface area contributed by atoms with E-state index in [-0.39, 0.29) is 17.2 Å². The van der Waals surface area contributed by atoms with Gasteiger partial charge in [0.2, 0.25) is 5.95 Å². The molecule has 25 heavy (non-hydrogen) atoms. The Morgan fingerprint density at radius 1 is 1.28 bits per heavy atom. The highest BCUT2D eigenvalue weighted by atomic mass is 16.5. The van der Waals surface area contributed by atoms with Gasteiger partial charge in [0, 0.05) is 17.7 Å². The summed E-state index contributed by atoms with van der Waals surface area (Å²) in [4.78, 5) is 12.9. The summed E-state index contributed by atoms with van der Waals surface area (Å²) in [6, 6.07) is 7.49. The predicted molar refractivity (Wildman–Crippen MR) is 92.2 cm³/mol. The Bertz CT molecular complexity index is 851. The van der Waals surface area contributed by atoms with Crippen LogP contribution in [-0.4, -0.2) is 32.6 Å². The molecule has 0 saturated heterocycles. The van der Waals surface area contributed by atoms with Crippen LogP contribution in [0.25, 0.3) is 0 Å². The summed E-state index contributed by atoms with van der Waals surface area (Å²) >= 11 is 0. The smallest absolute Gasteiger partial charge is 0.248 e. The molecule has 1 unspecified atom stereocenters. The standard InChI is InChI=1S/C18H21N5O2/c1-4-25-12-7-5-11(6-8-12)16-15-13(9-18(2,3)10-14(15)24)19-17-20-21-22-23(16)17/h5-8,16H,4,9-10H2,1-3H3,(H,19,20,22). The van der Waals surface area contributed by atoms with Crippen LogP contribution in [0.1, 0.15) is 45.2 Å². The molecule has 0 spiro atoms. The van der Waals surface area contributed by atoms with Crippen LogP contribution in [0.3, 0.4) is 0 Å². The molecule has 1 atom stereocenters. The summed E-state index contributed by atoms with van der Waals surface area (Å²) < 4.78 is 7.20. The van der Waals surface area contributed by atoms with Crippen molar-refractivity contribution >= 4 is 11.7 Å². The van der Waals surface area contributed by atoms with E-state index in [1.54, 1.807) is 4.68 Å². The third-order valence-corrected chi connectivity index (χ3v) is 4.70. The molecule has 2 heterocycles. The van der Waals surface area contributed by atoms with Gasteiger partial charge in [-0.25, -0.2) is 0 Å². The maximum Gasteiger partial charge on any atom is 0.248 e. The molecule has 2 aliphatic rings. The van der Waals surface area contributed by atoms with Crippen molar-refractivity contribution in [2.24, 2.45) is 5.41 Å². The van der Waals surface area contributed by atoms with Crippen LogP contribution in [0.5, 0.6) is 5.75 Å². The number of anilines is 1. The van der Waals surface area contributed by atoms with Crippen LogP contribution in [0, 0.1) is 5.41 Å². The lowest BCUT2D eigenvalue weighted by atomic mass is 9.73. The summed E-state index contributed by atoms with van der Waals surface area (Å²) in [5.41, 5.74) is 2.60. The summed E-state index contributed by atoms with van der Waals surface area (Å²) in [6.45, 7) is 6.79. The van der Waals surface area contributed by atoms with Crippen molar-refractivity contribution in [1.29, 1.82) is 0 Å². The van der Waals surface area contributed by atoms with Crippen LogP contribution in [0.2, 0.25) is 0 Å². The van der Waals surface area contributed by atoms with Gasteiger partial charge < -0.3 is 10.1 Å². The molecule has 1 aromatic heterocycles. The van der Waals surface area contributed by atoms with E-state index in [2.05, 4.69) is 34.7 Å². The molecule has 1 aromatic carbocycles. The number of aromatic nitrogens is 4. The lowest BCUT2D eigenvalue weighted by Gasteiger charge is -2.37. The van der Waals surface area contributed by atoms with Crippen molar-refractivity contribution in [3.05, 3.63) is 41.1 Å². The molecule has 1 aliphatic carbocycles. The summed E-state index contributed by atoms with van der Waals surface area (Å²) in [6.07, 6.45) is 1.33. The van der Waals surface area contributed by atoms with Gasteiger partial charge in [0.05, 0.1) is 6.61 Å². The van der Waals surface area contributed by atoms with Crippen LogP contribution >= 0.6 is 0 Å². The molecule has 130 valence electrons. The van der Waals surface area contributed by atoms with E-state index in [1.165, 1.54) is 0 Å². The molecule has 0 bridgehead atoms. The summed E-state index contributed by atoms with van der Waals surface area (Å²) in [5.74, 6) is 1.53. The zero-order valence-electron chi connectivity index (χ0n) is 14.6. The molecule has 7 heteroatoms. The Morgan fingerprint density at radius 3 is 2.76 bits per heavy atom. The van der Waals surface area contributed by atoms with Gasteiger partial charge in [0.15, 0.2) is 5.78 Å². The van der Waals surface area contributed by atoms with Crippen LogP contribution in [-0.2, 0) is 4.79 Å². The Morgan fingerprint density at radius 2 is 2.04 bits per heavy atom. The first-order valence-corrected chi connectivity index (χ1v) is 8.52. The Labute approximate surface area is 146 Å². The SMILES string of the molecule is CCOc1ccc(C2C3=C(CC(C)(C)CC3=O)Nc3nnnn32)cc1. The highest BCUT2D eigenvalue weighted by molar-refractivity contribution is 6.00. The molecule has 2 aromatic rings. The first-order valence-electron chi connectivity index (χ1n) is 8.52. The number of fused-ring (bicyclic) bond motifs is 1. The molecule has 0 radical (unpaired) electrons. The minimum atomic E-state index is -0.305. The Balaban J connectivity index is 1.81. The lowest BCUT2D eigenvalue weighted by molar-refractivity contribution is -0.118. The van der Waals surface area contributed by atoms with Crippen LogP contribution in [0.15, 0.2) is 35.5 Å². The Hall–Kier alpha value is -2.70. The number of benzene rings is 1. The van der Waals surface area contributed by atoms with Gasteiger partial charge in [0.25, 0.3) is 0 Å². The quantitative estimate of drug-likeness (QED) is 0.926. The van der Waals surface area contributed by atoms with E-state index in [4.69, 9.17) is 4.74 Å². The van der Waals surface area contributed by atoms with Crippen LogP contribution < -0.4 is 10.1 Å². The molecule has 0 saturated carbocycles. The van der Waals surface area contributed by atoms with Crippen molar-refractivity contribution in [3.8, 4) is 5.75 Å². The van der Waals surface area contributed by atoms with Gasteiger partial charge in [-0.05, 0) is 46.9 Å². The molecule has 0 amide bonds. The van der Waals surface area contributed by atoms with Crippen LogP contribution in [0.4, 0.5) is 5.95 Å². The van der Waals surface area contributed by atoms with E-state index in [0.717, 1.165) is 29.0 Å². The van der Waals surface area contributed by atoms with E-state index in [1.807, 2.05) is 31.2 Å². The third-order valence-electron chi connectivity index (χ3n) is 4.70. The fraction of sp³-hybridized carbons (Fsp3) is 0.444. The number of rotatable bonds is 3. The minimum absolute atomic E-state index is 0.0675. The first-order chi connectivity index (χ1) is 12.0. The van der Waals surface area contributed by atoms with Gasteiger partial charge >= 0.3 is 0 Å². The van der Waals surface area contributed by atoms with Gasteiger partial charge in [-0.2, -0.15) is 4.68 Å². The van der Waals surface area contributed by atoms with E-state index < -0.39 is 0 Å². The molecule has 7 nitrogen and oxygen atoms in total. The minimum Gasteiger partial charge on any atom is -0.494 e. The number of nitrogens with one attached hydrogen (secondary N) is 1. The van der Waals surface area contributed by atoms with Gasteiger partial charge in [-0.3, -0.25) is 4.79 Å². The number of allylic oxidation sites excluding steroid dienone is 2. The molecule has 4 rings (SSSR count). The number of hydrogen-bond acceptors (Lipinski definition) is 6. The second-order valence-electron chi connectivity index (χ2n) is 7.31. The number of tetrazole rings is 1. The normalized spacial score (nSPS) is 21.4. The van der Waals surface area contributed by atoms with E-state index >= 15 is 0 Å². The number of carbonyl (C=O) groups excluding carboxylic acids is 1. The zero-order chi connectivity index (χ0) is 17.6. The number of hydrogen-bond donors (Lipinski definition) is 1. The van der Waals surface area contributed by atoms with Crippen molar-refractivity contribution in [2.75, 3.05) is 11.9 Å². The van der Waals surface area contributed by atoms with E-state index in [9.17, 15) is 4.79 Å². The second-order valence-corrected chi connectivity index (χ2v) is 7.31. The Kier molecular flexibility index (Phi) is 3.59. The number of nitrogens with zero attached hydrogens (tertiary/aromatic N) is 4. The summed E-state index contributed by atoms with van der Waals surface area (Å²) in [5, 5.41) is 15.2. The monoisotopic (exact) mass is 339 g/mol. The number of Topliss-reactive ketones (excluding diaryl/α,β-unsaturated/α-hetero) is 1. The highest BCUT2D eigenvalue weighted by Gasteiger charge is 2.41. The van der Waals surface area contributed by atoms with Crippen molar-refractivity contribution in [1.82, 2.24) is 20.2 Å². The highest BCUT2D eigenvalue weighted by Crippen LogP contribution is 2.45. The third kappa shape index (κ3) is 2.69. The second kappa shape index (κ2) is 5.68. The molecular weight excluding hydrogens is 318 g/mol. The van der Waals surface area contributed by atoms with Crippen molar-refractivity contribution in [2.45, 2.75) is 39.7 Å².